The normalized spacial score (nSPS) is 10.9. The number of anilines is 2. The van der Waals surface area contributed by atoms with Crippen molar-refractivity contribution in [3.05, 3.63) is 82.6 Å². The van der Waals surface area contributed by atoms with Crippen LogP contribution in [0.5, 0.6) is 0 Å². The van der Waals surface area contributed by atoms with Gasteiger partial charge in [0, 0.05) is 43.7 Å². The molecule has 0 bridgehead atoms. The fourth-order valence-corrected chi connectivity index (χ4v) is 3.37. The minimum Gasteiger partial charge on any atom is -0.460 e. The second-order valence-corrected chi connectivity index (χ2v) is 6.99. The van der Waals surface area contributed by atoms with Crippen molar-refractivity contribution in [3.8, 4) is 22.3 Å². The summed E-state index contributed by atoms with van der Waals surface area (Å²) in [6.07, 6.45) is 2.83. The first-order valence-electron chi connectivity index (χ1n) is 8.26. The van der Waals surface area contributed by atoms with E-state index in [1.165, 1.54) is 12.5 Å². The van der Waals surface area contributed by atoms with Crippen LogP contribution in [0, 0.1) is 0 Å². The molecule has 0 aliphatic heterocycles. The van der Waals surface area contributed by atoms with E-state index in [1.807, 2.05) is 0 Å². The van der Waals surface area contributed by atoms with Crippen LogP contribution < -0.4 is 11.5 Å². The summed E-state index contributed by atoms with van der Waals surface area (Å²) in [6, 6.07) is 13.4. The Labute approximate surface area is 170 Å². The van der Waals surface area contributed by atoms with Gasteiger partial charge in [-0.2, -0.15) is 0 Å². The van der Waals surface area contributed by atoms with Crippen molar-refractivity contribution >= 4 is 40.4 Å². The van der Waals surface area contributed by atoms with Gasteiger partial charge in [-0.05, 0) is 48.5 Å². The number of carbonyl (C=O) groups excluding carboxylic acids is 1. The molecule has 4 N–H and O–H groups in total. The zero-order valence-electron chi connectivity index (χ0n) is 14.4. The molecule has 5 nitrogen and oxygen atoms in total. The summed E-state index contributed by atoms with van der Waals surface area (Å²) in [4.78, 5) is 13.2. The molecular formula is C21H14Cl2N2O3. The lowest BCUT2D eigenvalue weighted by Gasteiger charge is -2.08. The van der Waals surface area contributed by atoms with Crippen LogP contribution in [0.4, 0.5) is 11.4 Å². The van der Waals surface area contributed by atoms with E-state index in [0.717, 1.165) is 0 Å². The minimum atomic E-state index is -0.446. The monoisotopic (exact) mass is 412 g/mol. The van der Waals surface area contributed by atoms with Gasteiger partial charge in [-0.25, -0.2) is 0 Å². The molecule has 0 atom stereocenters. The molecule has 4 rings (SSSR count). The number of rotatable bonds is 4. The van der Waals surface area contributed by atoms with Crippen molar-refractivity contribution in [1.82, 2.24) is 0 Å². The number of ketones is 1. The van der Waals surface area contributed by atoms with Crippen LogP contribution in [0.15, 0.2) is 69.9 Å². The minimum absolute atomic E-state index is 0.0887. The third-order valence-electron chi connectivity index (χ3n) is 4.35. The van der Waals surface area contributed by atoms with Crippen molar-refractivity contribution in [2.45, 2.75) is 0 Å². The molecule has 0 saturated carbocycles. The van der Waals surface area contributed by atoms with Crippen LogP contribution in [0.3, 0.4) is 0 Å². The Balaban J connectivity index is 1.82. The first-order chi connectivity index (χ1) is 13.5. The van der Waals surface area contributed by atoms with Crippen molar-refractivity contribution in [2.24, 2.45) is 0 Å². The molecular weight excluding hydrogens is 399 g/mol. The van der Waals surface area contributed by atoms with E-state index in [-0.39, 0.29) is 11.5 Å². The van der Waals surface area contributed by atoms with Crippen LogP contribution >= 0.6 is 23.2 Å². The van der Waals surface area contributed by atoms with Gasteiger partial charge in [-0.1, -0.05) is 23.2 Å². The fourth-order valence-electron chi connectivity index (χ4n) is 3.02. The summed E-state index contributed by atoms with van der Waals surface area (Å²) in [5, 5.41) is 0.989. The summed E-state index contributed by atoms with van der Waals surface area (Å²) < 4.78 is 11.0. The molecule has 0 unspecified atom stereocenters. The molecule has 0 aliphatic rings. The van der Waals surface area contributed by atoms with Crippen LogP contribution in [-0.2, 0) is 0 Å². The smallest absolute Gasteiger partial charge is 0.264 e. The van der Waals surface area contributed by atoms with Gasteiger partial charge in [0.25, 0.3) is 5.78 Å². The zero-order chi connectivity index (χ0) is 19.8. The lowest BCUT2D eigenvalue weighted by molar-refractivity contribution is 0.0985. The number of benzene rings is 2. The molecule has 2 heterocycles. The van der Waals surface area contributed by atoms with Gasteiger partial charge < -0.3 is 20.3 Å². The Hall–Kier alpha value is -3.15. The highest BCUT2D eigenvalue weighted by molar-refractivity contribution is 6.31. The van der Waals surface area contributed by atoms with Crippen LogP contribution in [-0.4, -0.2) is 5.78 Å². The molecule has 0 amide bonds. The third-order valence-corrected chi connectivity index (χ3v) is 4.82. The van der Waals surface area contributed by atoms with Crippen molar-refractivity contribution in [3.63, 3.8) is 0 Å². The number of hydrogen-bond acceptors (Lipinski definition) is 5. The predicted molar refractivity (Wildman–Crippen MR) is 111 cm³/mol. The fraction of sp³-hybridized carbons (Fsp3) is 0. The SMILES string of the molecule is Nc1ccc(Cl)cc1-c1ccoc1C(=O)c1occc1-c1cc(Cl)ccc1N. The predicted octanol–water partition coefficient (Wildman–Crippen LogP) is 5.91. The van der Waals surface area contributed by atoms with Crippen LogP contribution in [0.2, 0.25) is 10.0 Å². The van der Waals surface area contributed by atoms with Crippen molar-refractivity contribution in [2.75, 3.05) is 11.5 Å². The molecule has 0 spiro atoms. The van der Waals surface area contributed by atoms with E-state index in [4.69, 9.17) is 43.5 Å². The van der Waals surface area contributed by atoms with E-state index in [0.29, 0.717) is 43.7 Å². The number of halogens is 2. The highest BCUT2D eigenvalue weighted by atomic mass is 35.5. The van der Waals surface area contributed by atoms with Gasteiger partial charge in [0.2, 0.25) is 0 Å². The second kappa shape index (κ2) is 7.11. The maximum Gasteiger partial charge on any atom is 0.264 e. The standard InChI is InChI=1S/C21H14Cl2N2O3/c22-11-1-3-17(24)15(9-11)13-5-7-27-20(13)19(26)21-14(6-8-28-21)16-10-12(23)2-4-18(16)25/h1-10H,24-25H2. The van der Waals surface area contributed by atoms with Gasteiger partial charge in [-0.3, -0.25) is 4.79 Å². The lowest BCUT2D eigenvalue weighted by Crippen LogP contribution is -2.03. The van der Waals surface area contributed by atoms with Gasteiger partial charge >= 0.3 is 0 Å². The first kappa shape index (κ1) is 18.2. The van der Waals surface area contributed by atoms with Crippen molar-refractivity contribution in [1.29, 1.82) is 0 Å². The molecule has 140 valence electrons. The number of hydrogen-bond donors (Lipinski definition) is 2. The highest BCUT2D eigenvalue weighted by Crippen LogP contribution is 2.37. The third kappa shape index (κ3) is 3.15. The molecule has 4 aromatic rings. The Morgan fingerprint density at radius 3 is 1.54 bits per heavy atom. The summed E-state index contributed by atoms with van der Waals surface area (Å²) in [5.41, 5.74) is 15.3. The Bertz CT molecular complexity index is 1100. The van der Waals surface area contributed by atoms with Crippen molar-refractivity contribution < 1.29 is 13.6 Å². The van der Waals surface area contributed by atoms with E-state index in [9.17, 15) is 4.79 Å². The molecule has 28 heavy (non-hydrogen) atoms. The van der Waals surface area contributed by atoms with Gasteiger partial charge in [0.15, 0.2) is 11.5 Å². The Morgan fingerprint density at radius 1 is 0.679 bits per heavy atom. The number of carbonyl (C=O) groups is 1. The van der Waals surface area contributed by atoms with Crippen LogP contribution in [0.25, 0.3) is 22.3 Å². The summed E-state index contributed by atoms with van der Waals surface area (Å²) in [5.74, 6) is -0.268. The maximum absolute atomic E-state index is 13.2. The Morgan fingerprint density at radius 2 is 1.11 bits per heavy atom. The number of nitrogens with two attached hydrogens (primary N) is 2. The second-order valence-electron chi connectivity index (χ2n) is 6.12. The number of furan rings is 2. The lowest BCUT2D eigenvalue weighted by atomic mass is 9.98. The molecule has 0 aliphatic carbocycles. The average molecular weight is 413 g/mol. The molecule has 0 saturated heterocycles. The van der Waals surface area contributed by atoms with E-state index in [1.54, 1.807) is 48.5 Å². The van der Waals surface area contributed by atoms with Gasteiger partial charge in [0.1, 0.15) is 0 Å². The quantitative estimate of drug-likeness (QED) is 0.320. The molecule has 0 radical (unpaired) electrons. The maximum atomic E-state index is 13.2. The van der Waals surface area contributed by atoms with E-state index in [2.05, 4.69) is 0 Å². The summed E-state index contributed by atoms with van der Waals surface area (Å²) in [7, 11) is 0. The highest BCUT2D eigenvalue weighted by Gasteiger charge is 2.26. The average Bonchev–Trinajstić information content (AvgIpc) is 3.34. The van der Waals surface area contributed by atoms with E-state index < -0.39 is 5.78 Å². The summed E-state index contributed by atoms with van der Waals surface area (Å²) >= 11 is 12.2. The summed E-state index contributed by atoms with van der Waals surface area (Å²) in [6.45, 7) is 0. The van der Waals surface area contributed by atoms with Crippen LogP contribution in [0.1, 0.15) is 16.3 Å². The van der Waals surface area contributed by atoms with E-state index >= 15 is 0 Å². The molecule has 2 aromatic heterocycles. The van der Waals surface area contributed by atoms with Gasteiger partial charge in [0.05, 0.1) is 12.5 Å². The zero-order valence-corrected chi connectivity index (χ0v) is 15.9. The largest absolute Gasteiger partial charge is 0.460 e. The van der Waals surface area contributed by atoms with Gasteiger partial charge in [-0.15, -0.1) is 0 Å². The molecule has 7 heteroatoms. The molecule has 2 aromatic carbocycles. The topological polar surface area (TPSA) is 95.4 Å². The molecule has 0 fully saturated rings. The number of nitrogen functional groups attached to an aromatic ring is 2. The Kier molecular flexibility index (Phi) is 4.63. The first-order valence-corrected chi connectivity index (χ1v) is 9.02.